The Bertz CT molecular complexity index is 607. The van der Waals surface area contributed by atoms with Crippen LogP contribution in [0, 0.1) is 0 Å². The first-order valence-electron chi connectivity index (χ1n) is 6.44. The topological polar surface area (TPSA) is 98.5 Å². The molecular weight excluding hydrogens is 280 g/mol. The van der Waals surface area contributed by atoms with Gasteiger partial charge in [0.2, 0.25) is 10.0 Å². The molecule has 6 nitrogen and oxygen atoms in total. The zero-order valence-corrected chi connectivity index (χ0v) is 12.1. The van der Waals surface area contributed by atoms with Crippen LogP contribution >= 0.6 is 0 Å². The monoisotopic (exact) mass is 298 g/mol. The van der Waals surface area contributed by atoms with Gasteiger partial charge in [-0.1, -0.05) is 12.8 Å². The Labute approximate surface area is 118 Å². The quantitative estimate of drug-likeness (QED) is 0.644. The number of carbonyl (C=O) groups is 1. The minimum Gasteiger partial charge on any atom is -0.465 e. The smallest absolute Gasteiger partial charge is 0.337 e. The van der Waals surface area contributed by atoms with Crippen LogP contribution in [0.25, 0.3) is 0 Å². The first-order chi connectivity index (χ1) is 9.44. The van der Waals surface area contributed by atoms with Crippen LogP contribution in [-0.4, -0.2) is 27.5 Å². The number of sulfonamides is 1. The molecule has 0 aromatic heterocycles. The third-order valence-electron chi connectivity index (χ3n) is 3.40. The summed E-state index contributed by atoms with van der Waals surface area (Å²) >= 11 is 0. The molecule has 0 saturated heterocycles. The van der Waals surface area contributed by atoms with E-state index < -0.39 is 16.0 Å². The molecule has 0 atom stereocenters. The fourth-order valence-corrected chi connectivity index (χ4v) is 3.78. The van der Waals surface area contributed by atoms with E-state index in [1.165, 1.54) is 25.3 Å². The summed E-state index contributed by atoms with van der Waals surface area (Å²) in [6.45, 7) is 0. The van der Waals surface area contributed by atoms with Gasteiger partial charge in [0.15, 0.2) is 0 Å². The van der Waals surface area contributed by atoms with E-state index in [2.05, 4.69) is 9.46 Å². The summed E-state index contributed by atoms with van der Waals surface area (Å²) in [6, 6.07) is 4.01. The summed E-state index contributed by atoms with van der Waals surface area (Å²) in [6.07, 6.45) is 3.76. The van der Waals surface area contributed by atoms with Crippen LogP contribution in [0.5, 0.6) is 0 Å². The average molecular weight is 298 g/mol. The minimum absolute atomic E-state index is 0.00273. The molecule has 110 valence electrons. The number of carbonyl (C=O) groups excluding carboxylic acids is 1. The minimum atomic E-state index is -3.65. The fourth-order valence-electron chi connectivity index (χ4n) is 2.36. The number of ether oxygens (including phenoxy) is 1. The Morgan fingerprint density at radius 2 is 2.00 bits per heavy atom. The van der Waals surface area contributed by atoms with Crippen LogP contribution in [0.15, 0.2) is 23.1 Å². The predicted molar refractivity (Wildman–Crippen MR) is 74.8 cm³/mol. The molecule has 0 bridgehead atoms. The zero-order chi connectivity index (χ0) is 14.8. The standard InChI is InChI=1S/C13H18N2O4S/c1-19-13(16)9-6-7-12(11(14)8-9)20(17,18)15-10-4-2-3-5-10/h6-8,10,15H,2-5,14H2,1H3. The number of nitrogen functional groups attached to an aromatic ring is 1. The van der Waals surface area contributed by atoms with Gasteiger partial charge in [0.05, 0.1) is 18.4 Å². The van der Waals surface area contributed by atoms with Gasteiger partial charge < -0.3 is 10.5 Å². The van der Waals surface area contributed by atoms with Crippen LogP contribution in [0.4, 0.5) is 5.69 Å². The molecule has 0 unspecified atom stereocenters. The highest BCUT2D eigenvalue weighted by molar-refractivity contribution is 7.89. The summed E-state index contributed by atoms with van der Waals surface area (Å²) in [5.74, 6) is -0.551. The third-order valence-corrected chi connectivity index (χ3v) is 4.99. The lowest BCUT2D eigenvalue weighted by Gasteiger charge is -2.14. The molecule has 0 aliphatic heterocycles. The lowest BCUT2D eigenvalue weighted by atomic mass is 10.2. The first kappa shape index (κ1) is 14.8. The van der Waals surface area contributed by atoms with Gasteiger partial charge in [0, 0.05) is 6.04 Å². The van der Waals surface area contributed by atoms with E-state index in [-0.39, 0.29) is 22.2 Å². The van der Waals surface area contributed by atoms with Gasteiger partial charge in [0.1, 0.15) is 4.90 Å². The molecule has 0 radical (unpaired) electrons. The van der Waals surface area contributed by atoms with Gasteiger partial charge >= 0.3 is 5.97 Å². The predicted octanol–water partition coefficient (Wildman–Crippen LogP) is 1.28. The Morgan fingerprint density at radius 1 is 1.35 bits per heavy atom. The number of nitrogens with two attached hydrogens (primary N) is 1. The number of nitrogens with one attached hydrogen (secondary N) is 1. The van der Waals surface area contributed by atoms with Gasteiger partial charge in [-0.05, 0) is 31.0 Å². The second-order valence-corrected chi connectivity index (χ2v) is 6.53. The SMILES string of the molecule is COC(=O)c1ccc(S(=O)(=O)NC2CCCC2)c(N)c1. The highest BCUT2D eigenvalue weighted by atomic mass is 32.2. The van der Waals surface area contributed by atoms with Crippen molar-refractivity contribution in [3.05, 3.63) is 23.8 Å². The van der Waals surface area contributed by atoms with E-state index in [9.17, 15) is 13.2 Å². The first-order valence-corrected chi connectivity index (χ1v) is 7.92. The van der Waals surface area contributed by atoms with E-state index in [1.807, 2.05) is 0 Å². The molecule has 7 heteroatoms. The molecule has 1 aromatic carbocycles. The van der Waals surface area contributed by atoms with Crippen molar-refractivity contribution in [2.75, 3.05) is 12.8 Å². The van der Waals surface area contributed by atoms with Crippen LogP contribution in [0.2, 0.25) is 0 Å². The van der Waals surface area contributed by atoms with Crippen molar-refractivity contribution in [3.63, 3.8) is 0 Å². The Morgan fingerprint density at radius 3 is 2.55 bits per heavy atom. The van der Waals surface area contributed by atoms with Crippen molar-refractivity contribution in [2.45, 2.75) is 36.6 Å². The van der Waals surface area contributed by atoms with Crippen LogP contribution < -0.4 is 10.5 Å². The summed E-state index contributed by atoms with van der Waals surface area (Å²) in [5, 5.41) is 0. The highest BCUT2D eigenvalue weighted by Gasteiger charge is 2.25. The average Bonchev–Trinajstić information content (AvgIpc) is 2.89. The van der Waals surface area contributed by atoms with Crippen LogP contribution in [0.1, 0.15) is 36.0 Å². The maximum Gasteiger partial charge on any atom is 0.337 e. The molecule has 20 heavy (non-hydrogen) atoms. The van der Waals surface area contributed by atoms with E-state index in [0.29, 0.717) is 0 Å². The highest BCUT2D eigenvalue weighted by Crippen LogP contribution is 2.24. The van der Waals surface area contributed by atoms with Crippen LogP contribution in [-0.2, 0) is 14.8 Å². The Kier molecular flexibility index (Phi) is 4.29. The van der Waals surface area contributed by atoms with Crippen molar-refractivity contribution in [2.24, 2.45) is 0 Å². The number of methoxy groups -OCH3 is 1. The van der Waals surface area contributed by atoms with Gasteiger partial charge in [-0.3, -0.25) is 0 Å². The van der Waals surface area contributed by atoms with Crippen molar-refractivity contribution in [3.8, 4) is 0 Å². The molecule has 1 aromatic rings. The summed E-state index contributed by atoms with van der Waals surface area (Å²) in [5.41, 5.74) is 6.01. The van der Waals surface area contributed by atoms with E-state index in [4.69, 9.17) is 5.73 Å². The second kappa shape index (κ2) is 5.80. The van der Waals surface area contributed by atoms with Crippen molar-refractivity contribution < 1.29 is 17.9 Å². The van der Waals surface area contributed by atoms with E-state index >= 15 is 0 Å². The molecule has 3 N–H and O–H groups in total. The van der Waals surface area contributed by atoms with Crippen molar-refractivity contribution >= 4 is 21.7 Å². The number of hydrogen-bond acceptors (Lipinski definition) is 5. The number of hydrogen-bond donors (Lipinski definition) is 2. The normalized spacial score (nSPS) is 16.2. The Balaban J connectivity index is 2.25. The number of benzene rings is 1. The van der Waals surface area contributed by atoms with E-state index in [0.717, 1.165) is 25.7 Å². The summed E-state index contributed by atoms with van der Waals surface area (Å²) in [7, 11) is -2.40. The Hall–Kier alpha value is -1.60. The fraction of sp³-hybridized carbons (Fsp3) is 0.462. The van der Waals surface area contributed by atoms with Crippen molar-refractivity contribution in [1.82, 2.24) is 4.72 Å². The lowest BCUT2D eigenvalue weighted by molar-refractivity contribution is 0.0600. The largest absolute Gasteiger partial charge is 0.465 e. The van der Waals surface area contributed by atoms with Gasteiger partial charge in [-0.25, -0.2) is 17.9 Å². The number of anilines is 1. The molecule has 0 spiro atoms. The van der Waals surface area contributed by atoms with Crippen molar-refractivity contribution in [1.29, 1.82) is 0 Å². The molecule has 1 saturated carbocycles. The molecule has 0 heterocycles. The molecule has 1 aliphatic carbocycles. The van der Waals surface area contributed by atoms with E-state index in [1.54, 1.807) is 0 Å². The molecule has 2 rings (SSSR count). The summed E-state index contributed by atoms with van der Waals surface area (Å²) in [4.78, 5) is 11.4. The zero-order valence-electron chi connectivity index (χ0n) is 11.3. The second-order valence-electron chi connectivity index (χ2n) is 4.85. The van der Waals surface area contributed by atoms with Crippen LogP contribution in [0.3, 0.4) is 0 Å². The maximum absolute atomic E-state index is 12.3. The maximum atomic E-state index is 12.3. The summed E-state index contributed by atoms with van der Waals surface area (Å²) < 4.78 is 31.7. The van der Waals surface area contributed by atoms with Gasteiger partial charge in [-0.2, -0.15) is 0 Å². The van der Waals surface area contributed by atoms with Gasteiger partial charge in [-0.15, -0.1) is 0 Å². The molecule has 0 amide bonds. The number of esters is 1. The lowest BCUT2D eigenvalue weighted by Crippen LogP contribution is -2.33. The molecule has 1 aliphatic rings. The molecular formula is C13H18N2O4S. The molecule has 1 fully saturated rings. The number of rotatable bonds is 4. The third kappa shape index (κ3) is 3.10. The van der Waals surface area contributed by atoms with Gasteiger partial charge in [0.25, 0.3) is 0 Å².